The minimum absolute atomic E-state index is 0.00507. The van der Waals surface area contributed by atoms with Crippen molar-refractivity contribution in [1.82, 2.24) is 10.3 Å². The fourth-order valence-electron chi connectivity index (χ4n) is 3.47. The number of carbonyl (C=O) groups is 1. The molecule has 178 valence electrons. The number of thiocarbonyl (C=S) groups is 1. The number of fused-ring (bicyclic) bond motifs is 1. The van der Waals surface area contributed by atoms with Gasteiger partial charge in [0.15, 0.2) is 16.5 Å². The van der Waals surface area contributed by atoms with Crippen LogP contribution < -0.4 is 10.6 Å². The summed E-state index contributed by atoms with van der Waals surface area (Å²) in [5.41, 5.74) is 2.06. The van der Waals surface area contributed by atoms with Crippen molar-refractivity contribution in [3.63, 3.8) is 0 Å². The van der Waals surface area contributed by atoms with Crippen LogP contribution >= 0.6 is 12.2 Å². The number of nitro benzene ring substituents is 1. The van der Waals surface area contributed by atoms with Gasteiger partial charge in [-0.2, -0.15) is 0 Å². The predicted molar refractivity (Wildman–Crippen MR) is 134 cm³/mol. The molecule has 5 rings (SSSR count). The lowest BCUT2D eigenvalue weighted by molar-refractivity contribution is -0.384. The van der Waals surface area contributed by atoms with E-state index in [4.69, 9.17) is 21.1 Å². The molecule has 0 aliphatic carbocycles. The van der Waals surface area contributed by atoms with E-state index in [1.807, 2.05) is 0 Å². The summed E-state index contributed by atoms with van der Waals surface area (Å²) in [4.78, 5) is 27.4. The van der Waals surface area contributed by atoms with E-state index in [1.54, 1.807) is 42.5 Å². The van der Waals surface area contributed by atoms with Crippen molar-refractivity contribution in [3.05, 3.63) is 101 Å². The Labute approximate surface area is 207 Å². The van der Waals surface area contributed by atoms with Crippen molar-refractivity contribution in [2.45, 2.75) is 0 Å². The van der Waals surface area contributed by atoms with Crippen molar-refractivity contribution in [1.29, 1.82) is 0 Å². The average Bonchev–Trinajstić information content (AvgIpc) is 3.52. The third-order valence-electron chi connectivity index (χ3n) is 5.15. The molecule has 2 heterocycles. The normalized spacial score (nSPS) is 10.8. The van der Waals surface area contributed by atoms with Crippen LogP contribution in [-0.4, -0.2) is 20.9 Å². The monoisotopic (exact) mass is 502 g/mol. The molecule has 0 radical (unpaired) electrons. The fourth-order valence-corrected chi connectivity index (χ4v) is 3.68. The zero-order chi connectivity index (χ0) is 25.2. The summed E-state index contributed by atoms with van der Waals surface area (Å²) in [5, 5.41) is 16.4. The molecule has 0 atom stereocenters. The van der Waals surface area contributed by atoms with Gasteiger partial charge >= 0.3 is 0 Å². The smallest absolute Gasteiger partial charge is 0.293 e. The number of rotatable bonds is 5. The van der Waals surface area contributed by atoms with E-state index in [2.05, 4.69) is 15.6 Å². The largest absolute Gasteiger partial charge is 0.451 e. The third-order valence-corrected chi connectivity index (χ3v) is 5.35. The van der Waals surface area contributed by atoms with Crippen LogP contribution in [0.15, 0.2) is 87.7 Å². The molecular weight excluding hydrogens is 487 g/mol. The molecule has 0 fully saturated rings. The lowest BCUT2D eigenvalue weighted by Crippen LogP contribution is -2.33. The van der Waals surface area contributed by atoms with Gasteiger partial charge in [-0.3, -0.25) is 20.2 Å². The molecule has 11 heteroatoms. The van der Waals surface area contributed by atoms with Gasteiger partial charge in [0.1, 0.15) is 17.1 Å². The topological polar surface area (TPSA) is 123 Å². The molecule has 0 bridgehead atoms. The molecule has 9 nitrogen and oxygen atoms in total. The first-order valence-electron chi connectivity index (χ1n) is 10.5. The van der Waals surface area contributed by atoms with Gasteiger partial charge in [-0.05, 0) is 54.7 Å². The lowest BCUT2D eigenvalue weighted by atomic mass is 10.1. The Morgan fingerprint density at radius 3 is 2.64 bits per heavy atom. The Morgan fingerprint density at radius 2 is 1.83 bits per heavy atom. The Balaban J connectivity index is 1.27. The summed E-state index contributed by atoms with van der Waals surface area (Å²) in [6.45, 7) is 0. The van der Waals surface area contributed by atoms with E-state index in [0.29, 0.717) is 28.1 Å². The summed E-state index contributed by atoms with van der Waals surface area (Å²) >= 11 is 5.23. The van der Waals surface area contributed by atoms with Crippen LogP contribution in [0.4, 0.5) is 15.8 Å². The molecule has 0 aliphatic rings. The van der Waals surface area contributed by atoms with Gasteiger partial charge in [0.05, 0.1) is 10.5 Å². The van der Waals surface area contributed by atoms with Crippen LogP contribution in [0.25, 0.3) is 33.9 Å². The molecule has 36 heavy (non-hydrogen) atoms. The molecule has 3 aromatic carbocycles. The molecule has 0 unspecified atom stereocenters. The summed E-state index contributed by atoms with van der Waals surface area (Å²) in [6, 6.07) is 20.0. The number of halogens is 1. The van der Waals surface area contributed by atoms with Crippen molar-refractivity contribution in [2.75, 3.05) is 5.32 Å². The predicted octanol–water partition coefficient (Wildman–Crippen LogP) is 5.93. The number of hydrogen-bond donors (Lipinski definition) is 2. The van der Waals surface area contributed by atoms with Crippen LogP contribution in [0.5, 0.6) is 0 Å². The first-order valence-corrected chi connectivity index (χ1v) is 10.9. The number of hydrogen-bond acceptors (Lipinski definition) is 7. The second-order valence-corrected chi connectivity index (χ2v) is 7.97. The van der Waals surface area contributed by atoms with Crippen LogP contribution in [0.3, 0.4) is 0 Å². The van der Waals surface area contributed by atoms with Crippen LogP contribution in [0.1, 0.15) is 10.6 Å². The highest BCUT2D eigenvalue weighted by Gasteiger charge is 2.16. The SMILES string of the molecule is O=C(NC(=S)Nc1ccc2oc(-c3ccccc3F)nc2c1)c1ccc(-c2cccc([N+](=O)[O-])c2)o1. The maximum absolute atomic E-state index is 14.1. The number of nitrogens with one attached hydrogen (secondary N) is 2. The van der Waals surface area contributed by atoms with E-state index in [1.165, 1.54) is 36.4 Å². The van der Waals surface area contributed by atoms with Crippen molar-refractivity contribution < 1.29 is 22.9 Å². The van der Waals surface area contributed by atoms with Crippen molar-refractivity contribution >= 4 is 45.7 Å². The fraction of sp³-hybridized carbons (Fsp3) is 0. The van der Waals surface area contributed by atoms with Gasteiger partial charge in [0.25, 0.3) is 11.6 Å². The Hall–Kier alpha value is -4.90. The van der Waals surface area contributed by atoms with E-state index in [0.717, 1.165) is 0 Å². The standard InChI is InChI=1S/C25H15FN4O5S/c26-18-7-2-1-6-17(18)24-28-19-13-15(8-9-21(19)35-24)27-25(36)29-23(31)22-11-10-20(34-22)14-4-3-5-16(12-14)30(32)33/h1-13H,(H2,27,29,31,36). The molecule has 5 aromatic rings. The van der Waals surface area contributed by atoms with Crippen molar-refractivity contribution in [2.24, 2.45) is 0 Å². The van der Waals surface area contributed by atoms with Gasteiger partial charge in [-0.15, -0.1) is 0 Å². The second kappa shape index (κ2) is 9.39. The lowest BCUT2D eigenvalue weighted by Gasteiger charge is -2.08. The molecule has 0 spiro atoms. The van der Waals surface area contributed by atoms with E-state index >= 15 is 0 Å². The van der Waals surface area contributed by atoms with E-state index < -0.39 is 16.6 Å². The van der Waals surface area contributed by atoms with Gasteiger partial charge in [0, 0.05) is 23.4 Å². The number of anilines is 1. The first-order chi connectivity index (χ1) is 17.4. The van der Waals surface area contributed by atoms with Gasteiger partial charge in [0.2, 0.25) is 5.89 Å². The minimum atomic E-state index is -0.603. The number of non-ortho nitro benzene ring substituents is 1. The van der Waals surface area contributed by atoms with Gasteiger partial charge in [-0.1, -0.05) is 24.3 Å². The highest BCUT2D eigenvalue weighted by atomic mass is 32.1. The number of nitrogens with zero attached hydrogens (tertiary/aromatic N) is 2. The number of carbonyl (C=O) groups excluding carboxylic acids is 1. The second-order valence-electron chi connectivity index (χ2n) is 7.56. The third kappa shape index (κ3) is 4.68. The van der Waals surface area contributed by atoms with Gasteiger partial charge in [-0.25, -0.2) is 9.37 Å². The van der Waals surface area contributed by atoms with Crippen LogP contribution in [0, 0.1) is 15.9 Å². The van der Waals surface area contributed by atoms with Gasteiger partial charge < -0.3 is 14.2 Å². The number of aromatic nitrogens is 1. The van der Waals surface area contributed by atoms with Crippen LogP contribution in [-0.2, 0) is 0 Å². The van der Waals surface area contributed by atoms with E-state index in [9.17, 15) is 19.3 Å². The Morgan fingerprint density at radius 1 is 1.00 bits per heavy atom. The number of nitro groups is 1. The molecule has 0 aliphatic heterocycles. The highest BCUT2D eigenvalue weighted by molar-refractivity contribution is 7.80. The first kappa shape index (κ1) is 22.9. The summed E-state index contributed by atoms with van der Waals surface area (Å²) in [6.07, 6.45) is 0. The number of amides is 1. The quantitative estimate of drug-likeness (QED) is 0.172. The average molecular weight is 502 g/mol. The van der Waals surface area contributed by atoms with E-state index in [-0.39, 0.29) is 28.0 Å². The Bertz CT molecular complexity index is 1640. The minimum Gasteiger partial charge on any atom is -0.451 e. The molecule has 0 saturated carbocycles. The maximum Gasteiger partial charge on any atom is 0.293 e. The highest BCUT2D eigenvalue weighted by Crippen LogP contribution is 2.28. The summed E-state index contributed by atoms with van der Waals surface area (Å²) < 4.78 is 25.3. The summed E-state index contributed by atoms with van der Waals surface area (Å²) in [7, 11) is 0. The molecule has 2 aromatic heterocycles. The van der Waals surface area contributed by atoms with Crippen molar-refractivity contribution in [3.8, 4) is 22.8 Å². The molecule has 2 N–H and O–H groups in total. The number of benzene rings is 3. The molecular formula is C25H15FN4O5S. The molecule has 0 saturated heterocycles. The zero-order valence-corrected chi connectivity index (χ0v) is 19.0. The number of oxazole rings is 1. The Kier molecular flexibility index (Phi) is 5.97. The summed E-state index contributed by atoms with van der Waals surface area (Å²) in [5.74, 6) is -0.632. The number of furan rings is 1. The zero-order valence-electron chi connectivity index (χ0n) is 18.2. The van der Waals surface area contributed by atoms with Crippen LogP contribution in [0.2, 0.25) is 0 Å². The maximum atomic E-state index is 14.1. The molecule has 1 amide bonds.